The number of rotatable bonds is 5. The Hall–Kier alpha value is -3.40. The zero-order valence-electron chi connectivity index (χ0n) is 13.8. The molecule has 0 heterocycles. The number of carbonyl (C=O) groups excluding carboxylic acids is 1. The van der Waals surface area contributed by atoms with E-state index in [-0.39, 0.29) is 5.91 Å². The summed E-state index contributed by atoms with van der Waals surface area (Å²) in [4.78, 5) is 12.0. The van der Waals surface area contributed by atoms with Gasteiger partial charge in [-0.1, -0.05) is 48.0 Å². The summed E-state index contributed by atoms with van der Waals surface area (Å²) in [5.74, 6) is 1.24. The molecule has 1 amide bonds. The number of nitrogens with zero attached hydrogens (tertiary/aromatic N) is 1. The van der Waals surface area contributed by atoms with Crippen LogP contribution < -0.4 is 10.2 Å². The number of hydrogen-bond donors (Lipinski definition) is 1. The van der Waals surface area contributed by atoms with E-state index < -0.39 is 0 Å². The van der Waals surface area contributed by atoms with Crippen molar-refractivity contribution in [1.82, 2.24) is 5.43 Å². The van der Waals surface area contributed by atoms with Crippen molar-refractivity contribution in [3.8, 4) is 11.5 Å². The zero-order valence-corrected chi connectivity index (χ0v) is 13.8. The van der Waals surface area contributed by atoms with E-state index in [9.17, 15) is 4.79 Å². The molecule has 0 aliphatic heterocycles. The van der Waals surface area contributed by atoms with Crippen molar-refractivity contribution in [2.24, 2.45) is 5.10 Å². The van der Waals surface area contributed by atoms with Crippen molar-refractivity contribution in [2.75, 3.05) is 0 Å². The van der Waals surface area contributed by atoms with Gasteiger partial charge in [-0.3, -0.25) is 4.79 Å². The largest absolute Gasteiger partial charge is 0.457 e. The minimum absolute atomic E-state index is 0.239. The van der Waals surface area contributed by atoms with E-state index in [2.05, 4.69) is 10.5 Å². The molecule has 0 aromatic heterocycles. The van der Waals surface area contributed by atoms with Crippen LogP contribution in [0.15, 0.2) is 84.0 Å². The molecule has 3 rings (SSSR count). The first-order valence-corrected chi connectivity index (χ1v) is 7.94. The summed E-state index contributed by atoms with van der Waals surface area (Å²) >= 11 is 0. The van der Waals surface area contributed by atoms with E-state index in [0.29, 0.717) is 11.3 Å². The van der Waals surface area contributed by atoms with Crippen LogP contribution in [0, 0.1) is 6.92 Å². The maximum absolute atomic E-state index is 12.0. The highest BCUT2D eigenvalue weighted by atomic mass is 16.5. The Morgan fingerprint density at radius 1 is 0.920 bits per heavy atom. The molecule has 0 aliphatic rings. The van der Waals surface area contributed by atoms with Gasteiger partial charge >= 0.3 is 0 Å². The maximum atomic E-state index is 12.0. The van der Waals surface area contributed by atoms with Gasteiger partial charge in [-0.15, -0.1) is 0 Å². The topological polar surface area (TPSA) is 50.7 Å². The minimum Gasteiger partial charge on any atom is -0.457 e. The second kappa shape index (κ2) is 7.93. The molecule has 0 aliphatic carbocycles. The Morgan fingerprint density at radius 3 is 2.48 bits per heavy atom. The predicted octanol–water partition coefficient (Wildman–Crippen LogP) is 4.55. The Kier molecular flexibility index (Phi) is 5.22. The van der Waals surface area contributed by atoms with Gasteiger partial charge in [0.25, 0.3) is 5.91 Å². The van der Waals surface area contributed by atoms with Gasteiger partial charge in [0.05, 0.1) is 6.21 Å². The molecule has 0 spiro atoms. The lowest BCUT2D eigenvalue weighted by Crippen LogP contribution is -2.17. The quantitative estimate of drug-likeness (QED) is 0.551. The summed E-state index contributed by atoms with van der Waals surface area (Å²) in [5, 5.41) is 4.02. The van der Waals surface area contributed by atoms with Crippen LogP contribution >= 0.6 is 0 Å². The Morgan fingerprint density at radius 2 is 1.68 bits per heavy atom. The van der Waals surface area contributed by atoms with Crippen LogP contribution in [0.2, 0.25) is 0 Å². The van der Waals surface area contributed by atoms with Crippen LogP contribution in [-0.2, 0) is 0 Å². The van der Waals surface area contributed by atoms with Crippen LogP contribution in [-0.4, -0.2) is 12.1 Å². The number of benzene rings is 3. The molecule has 0 atom stereocenters. The van der Waals surface area contributed by atoms with Crippen LogP contribution in [0.3, 0.4) is 0 Å². The van der Waals surface area contributed by atoms with Gasteiger partial charge in [0.15, 0.2) is 0 Å². The van der Waals surface area contributed by atoms with Crippen molar-refractivity contribution >= 4 is 12.1 Å². The zero-order chi connectivity index (χ0) is 17.5. The molecule has 0 unspecified atom stereocenters. The minimum atomic E-state index is -0.239. The van der Waals surface area contributed by atoms with Gasteiger partial charge < -0.3 is 4.74 Å². The molecule has 124 valence electrons. The van der Waals surface area contributed by atoms with E-state index in [1.165, 1.54) is 0 Å². The number of hydrogen-bond acceptors (Lipinski definition) is 3. The summed E-state index contributed by atoms with van der Waals surface area (Å²) in [6.07, 6.45) is 1.59. The number of nitrogens with one attached hydrogen (secondary N) is 1. The van der Waals surface area contributed by atoms with E-state index in [4.69, 9.17) is 4.74 Å². The third-order valence-electron chi connectivity index (χ3n) is 3.50. The molecule has 4 nitrogen and oxygen atoms in total. The van der Waals surface area contributed by atoms with Gasteiger partial charge in [-0.05, 0) is 48.9 Å². The Bertz CT molecular complexity index is 889. The number of hydrazone groups is 1. The van der Waals surface area contributed by atoms with E-state index >= 15 is 0 Å². The number of amides is 1. The van der Waals surface area contributed by atoms with Gasteiger partial charge in [0.1, 0.15) is 11.5 Å². The molecular formula is C21H18N2O2. The number of ether oxygens (including phenoxy) is 1. The highest BCUT2D eigenvalue weighted by Gasteiger charge is 2.03. The van der Waals surface area contributed by atoms with Gasteiger partial charge in [0.2, 0.25) is 0 Å². The fourth-order valence-corrected chi connectivity index (χ4v) is 2.30. The number of aryl methyl sites for hydroxylation is 1. The lowest BCUT2D eigenvalue weighted by molar-refractivity contribution is 0.0955. The van der Waals surface area contributed by atoms with E-state index in [1.54, 1.807) is 12.3 Å². The molecule has 25 heavy (non-hydrogen) atoms. The standard InChI is InChI=1S/C21H18N2O2/c1-16-7-5-9-18(13-16)21(24)23-22-15-17-8-6-12-20(14-17)25-19-10-3-2-4-11-19/h2-15H,1H3,(H,23,24). The average molecular weight is 330 g/mol. The summed E-state index contributed by atoms with van der Waals surface area (Å²) in [6.45, 7) is 1.94. The van der Waals surface area contributed by atoms with Crippen molar-refractivity contribution in [1.29, 1.82) is 0 Å². The van der Waals surface area contributed by atoms with Crippen LogP contribution in [0.5, 0.6) is 11.5 Å². The Labute approximate surface area is 146 Å². The van der Waals surface area contributed by atoms with Crippen molar-refractivity contribution < 1.29 is 9.53 Å². The van der Waals surface area contributed by atoms with Gasteiger partial charge in [0, 0.05) is 5.56 Å². The van der Waals surface area contributed by atoms with Crippen LogP contribution in [0.25, 0.3) is 0 Å². The van der Waals surface area contributed by atoms with E-state index in [0.717, 1.165) is 16.9 Å². The van der Waals surface area contributed by atoms with Gasteiger partial charge in [-0.25, -0.2) is 5.43 Å². The number of para-hydroxylation sites is 1. The SMILES string of the molecule is Cc1cccc(C(=O)NN=Cc2cccc(Oc3ccccc3)c2)c1. The fraction of sp³-hybridized carbons (Fsp3) is 0.0476. The molecule has 4 heteroatoms. The third-order valence-corrected chi connectivity index (χ3v) is 3.50. The molecule has 1 N–H and O–H groups in total. The van der Waals surface area contributed by atoms with Crippen LogP contribution in [0.4, 0.5) is 0 Å². The third kappa shape index (κ3) is 4.78. The smallest absolute Gasteiger partial charge is 0.271 e. The molecule has 3 aromatic rings. The molecule has 0 saturated carbocycles. The normalized spacial score (nSPS) is 10.6. The lowest BCUT2D eigenvalue weighted by atomic mass is 10.1. The van der Waals surface area contributed by atoms with Gasteiger partial charge in [-0.2, -0.15) is 5.10 Å². The maximum Gasteiger partial charge on any atom is 0.271 e. The van der Waals surface area contributed by atoms with E-state index in [1.807, 2.05) is 79.7 Å². The molecule has 0 fully saturated rings. The predicted molar refractivity (Wildman–Crippen MR) is 99.2 cm³/mol. The number of carbonyl (C=O) groups is 1. The second-order valence-corrected chi connectivity index (χ2v) is 5.56. The molecule has 0 radical (unpaired) electrons. The first-order valence-electron chi connectivity index (χ1n) is 7.94. The fourth-order valence-electron chi connectivity index (χ4n) is 2.30. The molecule has 0 saturated heterocycles. The monoisotopic (exact) mass is 330 g/mol. The van der Waals surface area contributed by atoms with Crippen molar-refractivity contribution in [2.45, 2.75) is 6.92 Å². The van der Waals surface area contributed by atoms with Crippen molar-refractivity contribution in [3.63, 3.8) is 0 Å². The Balaban J connectivity index is 1.63. The summed E-state index contributed by atoms with van der Waals surface area (Å²) in [6, 6.07) is 24.4. The first-order chi connectivity index (χ1) is 12.2. The molecule has 3 aromatic carbocycles. The highest BCUT2D eigenvalue weighted by Crippen LogP contribution is 2.21. The second-order valence-electron chi connectivity index (χ2n) is 5.56. The van der Waals surface area contributed by atoms with Crippen LogP contribution in [0.1, 0.15) is 21.5 Å². The summed E-state index contributed by atoms with van der Waals surface area (Å²) in [7, 11) is 0. The summed E-state index contributed by atoms with van der Waals surface area (Å²) in [5.41, 5.74) is 4.98. The molecular weight excluding hydrogens is 312 g/mol. The molecule has 0 bridgehead atoms. The highest BCUT2D eigenvalue weighted by molar-refractivity contribution is 5.95. The lowest BCUT2D eigenvalue weighted by Gasteiger charge is -2.05. The first kappa shape index (κ1) is 16.5. The van der Waals surface area contributed by atoms with Crippen molar-refractivity contribution in [3.05, 3.63) is 95.6 Å². The summed E-state index contributed by atoms with van der Waals surface area (Å²) < 4.78 is 5.78. The average Bonchev–Trinajstić information content (AvgIpc) is 2.63.